The number of benzene rings is 2. The zero-order valence-electron chi connectivity index (χ0n) is 15.0. The van der Waals surface area contributed by atoms with Crippen molar-refractivity contribution in [1.29, 1.82) is 0 Å². The van der Waals surface area contributed by atoms with E-state index in [4.69, 9.17) is 4.74 Å². The Hall–Kier alpha value is -3.02. The van der Waals surface area contributed by atoms with Gasteiger partial charge in [-0.3, -0.25) is 20.4 Å². The van der Waals surface area contributed by atoms with Crippen molar-refractivity contribution >= 4 is 17.5 Å². The predicted molar refractivity (Wildman–Crippen MR) is 100 cm³/mol. The average molecular weight is 353 g/mol. The number of nitrogens with zero attached hydrogens (tertiary/aromatic N) is 1. The molecule has 6 heteroatoms. The van der Waals surface area contributed by atoms with Gasteiger partial charge in [-0.25, -0.2) is 0 Å². The van der Waals surface area contributed by atoms with E-state index in [1.165, 1.54) is 17.5 Å². The third-order valence-electron chi connectivity index (χ3n) is 4.38. The van der Waals surface area contributed by atoms with Crippen molar-refractivity contribution in [2.75, 3.05) is 25.6 Å². The fourth-order valence-electron chi connectivity index (χ4n) is 2.95. The summed E-state index contributed by atoms with van der Waals surface area (Å²) in [5.74, 6) is -0.118. The van der Waals surface area contributed by atoms with Crippen LogP contribution in [0, 0.1) is 0 Å². The van der Waals surface area contributed by atoms with Gasteiger partial charge in [0.25, 0.3) is 11.8 Å². The smallest absolute Gasteiger partial charge is 0.276 e. The highest BCUT2D eigenvalue weighted by Gasteiger charge is 2.12. The number of fused-ring (bicyclic) bond motifs is 1. The van der Waals surface area contributed by atoms with Gasteiger partial charge in [-0.05, 0) is 60.7 Å². The molecule has 3 rings (SSSR count). The summed E-state index contributed by atoms with van der Waals surface area (Å²) in [6.45, 7) is -0.156. The molecule has 2 amide bonds. The Kier molecular flexibility index (Phi) is 5.41. The van der Waals surface area contributed by atoms with Crippen LogP contribution in [-0.2, 0) is 17.6 Å². The van der Waals surface area contributed by atoms with E-state index in [2.05, 4.69) is 16.9 Å². The van der Waals surface area contributed by atoms with Crippen LogP contribution in [0.25, 0.3) is 0 Å². The summed E-state index contributed by atoms with van der Waals surface area (Å²) in [5, 5.41) is 0. The van der Waals surface area contributed by atoms with E-state index in [1.807, 2.05) is 37.2 Å². The molecule has 0 unspecified atom stereocenters. The fourth-order valence-corrected chi connectivity index (χ4v) is 2.95. The molecule has 1 aliphatic rings. The number of hydrogen-bond acceptors (Lipinski definition) is 4. The Bertz CT molecular complexity index is 818. The van der Waals surface area contributed by atoms with Crippen LogP contribution in [0.2, 0.25) is 0 Å². The summed E-state index contributed by atoms with van der Waals surface area (Å²) in [6, 6.07) is 13.1. The molecule has 0 bridgehead atoms. The molecular formula is C20H23N3O3. The van der Waals surface area contributed by atoms with Crippen molar-refractivity contribution in [2.24, 2.45) is 0 Å². The van der Waals surface area contributed by atoms with Crippen molar-refractivity contribution in [1.82, 2.24) is 10.9 Å². The van der Waals surface area contributed by atoms with E-state index in [0.29, 0.717) is 11.3 Å². The van der Waals surface area contributed by atoms with Gasteiger partial charge in [0.2, 0.25) is 0 Å². The van der Waals surface area contributed by atoms with Crippen LogP contribution in [0.15, 0.2) is 42.5 Å². The fraction of sp³-hybridized carbons (Fsp3) is 0.300. The molecule has 2 aromatic carbocycles. The second-order valence-corrected chi connectivity index (χ2v) is 6.52. The third kappa shape index (κ3) is 4.33. The van der Waals surface area contributed by atoms with Gasteiger partial charge < -0.3 is 9.64 Å². The number of ether oxygens (including phenoxy) is 1. The van der Waals surface area contributed by atoms with Crippen molar-refractivity contribution in [3.63, 3.8) is 0 Å². The molecule has 0 radical (unpaired) electrons. The Balaban J connectivity index is 1.48. The minimum absolute atomic E-state index is 0.156. The van der Waals surface area contributed by atoms with Gasteiger partial charge in [0.1, 0.15) is 5.75 Å². The second-order valence-electron chi connectivity index (χ2n) is 6.52. The first-order valence-corrected chi connectivity index (χ1v) is 8.64. The molecule has 0 saturated heterocycles. The molecule has 0 fully saturated rings. The summed E-state index contributed by atoms with van der Waals surface area (Å²) < 4.78 is 5.51. The minimum Gasteiger partial charge on any atom is -0.484 e. The Morgan fingerprint density at radius 2 is 1.85 bits per heavy atom. The first-order chi connectivity index (χ1) is 12.5. The zero-order valence-corrected chi connectivity index (χ0v) is 15.0. The van der Waals surface area contributed by atoms with E-state index < -0.39 is 5.91 Å². The first kappa shape index (κ1) is 17.8. The van der Waals surface area contributed by atoms with Crippen molar-refractivity contribution in [2.45, 2.75) is 19.3 Å². The lowest BCUT2D eigenvalue weighted by atomic mass is 10.1. The third-order valence-corrected chi connectivity index (χ3v) is 4.38. The minimum atomic E-state index is -0.414. The number of hydrazine groups is 1. The van der Waals surface area contributed by atoms with Crippen LogP contribution in [-0.4, -0.2) is 32.5 Å². The number of rotatable bonds is 5. The standard InChI is InChI=1S/C20H23N3O3/c1-23(2)17-8-4-7-16(11-17)20(25)22-21-19(24)13-26-18-10-9-14-5-3-6-15(14)12-18/h4,7-12H,3,5-6,13H2,1-2H3,(H,21,24)(H,22,25). The van der Waals surface area contributed by atoms with Crippen LogP contribution >= 0.6 is 0 Å². The number of carbonyl (C=O) groups is 2. The highest BCUT2D eigenvalue weighted by atomic mass is 16.5. The van der Waals surface area contributed by atoms with E-state index in [1.54, 1.807) is 18.2 Å². The largest absolute Gasteiger partial charge is 0.484 e. The highest BCUT2D eigenvalue weighted by molar-refractivity contribution is 5.96. The molecule has 0 saturated carbocycles. The monoisotopic (exact) mass is 353 g/mol. The van der Waals surface area contributed by atoms with E-state index in [9.17, 15) is 9.59 Å². The van der Waals surface area contributed by atoms with Gasteiger partial charge in [-0.1, -0.05) is 12.1 Å². The van der Waals surface area contributed by atoms with E-state index in [-0.39, 0.29) is 12.5 Å². The molecule has 0 heterocycles. The van der Waals surface area contributed by atoms with Gasteiger partial charge in [0.15, 0.2) is 6.61 Å². The molecule has 0 spiro atoms. The number of anilines is 1. The number of aryl methyl sites for hydroxylation is 2. The summed E-state index contributed by atoms with van der Waals surface area (Å²) >= 11 is 0. The SMILES string of the molecule is CN(C)c1cccc(C(=O)NNC(=O)COc2ccc3c(c2)CCC3)c1. The van der Waals surface area contributed by atoms with Crippen LogP contribution in [0.5, 0.6) is 5.75 Å². The number of amides is 2. The van der Waals surface area contributed by atoms with Crippen LogP contribution < -0.4 is 20.5 Å². The molecule has 0 atom stereocenters. The predicted octanol–water partition coefficient (Wildman–Crippen LogP) is 2.08. The summed E-state index contributed by atoms with van der Waals surface area (Å²) in [7, 11) is 3.80. The topological polar surface area (TPSA) is 70.7 Å². The Labute approximate surface area is 153 Å². The molecule has 0 aromatic heterocycles. The van der Waals surface area contributed by atoms with E-state index >= 15 is 0 Å². The molecule has 6 nitrogen and oxygen atoms in total. The maximum absolute atomic E-state index is 12.1. The maximum atomic E-state index is 12.1. The molecule has 2 aromatic rings. The molecular weight excluding hydrogens is 330 g/mol. The lowest BCUT2D eigenvalue weighted by molar-refractivity contribution is -0.123. The van der Waals surface area contributed by atoms with E-state index in [0.717, 1.165) is 18.5 Å². The quantitative estimate of drug-likeness (QED) is 0.808. The lowest BCUT2D eigenvalue weighted by Crippen LogP contribution is -2.43. The Morgan fingerprint density at radius 3 is 2.65 bits per heavy atom. The van der Waals surface area contributed by atoms with Crippen LogP contribution in [0.1, 0.15) is 27.9 Å². The molecule has 2 N–H and O–H groups in total. The molecule has 136 valence electrons. The van der Waals surface area contributed by atoms with Gasteiger partial charge >= 0.3 is 0 Å². The molecule has 1 aliphatic carbocycles. The molecule has 0 aliphatic heterocycles. The first-order valence-electron chi connectivity index (χ1n) is 8.64. The number of nitrogens with one attached hydrogen (secondary N) is 2. The van der Waals surface area contributed by atoms with Gasteiger partial charge in [0.05, 0.1) is 0 Å². The summed E-state index contributed by atoms with van der Waals surface area (Å²) in [4.78, 5) is 25.9. The molecule has 26 heavy (non-hydrogen) atoms. The van der Waals surface area contributed by atoms with Crippen molar-refractivity contribution in [3.8, 4) is 5.75 Å². The second kappa shape index (κ2) is 7.91. The van der Waals surface area contributed by atoms with Gasteiger partial charge in [0, 0.05) is 25.3 Å². The van der Waals surface area contributed by atoms with Gasteiger partial charge in [-0.15, -0.1) is 0 Å². The maximum Gasteiger partial charge on any atom is 0.276 e. The summed E-state index contributed by atoms with van der Waals surface area (Å²) in [6.07, 6.45) is 3.33. The summed E-state index contributed by atoms with van der Waals surface area (Å²) in [5.41, 5.74) is 8.80. The number of carbonyl (C=O) groups excluding carboxylic acids is 2. The van der Waals surface area contributed by atoms with Crippen LogP contribution in [0.4, 0.5) is 5.69 Å². The Morgan fingerprint density at radius 1 is 1.04 bits per heavy atom. The highest BCUT2D eigenvalue weighted by Crippen LogP contribution is 2.25. The van der Waals surface area contributed by atoms with Crippen molar-refractivity contribution < 1.29 is 14.3 Å². The van der Waals surface area contributed by atoms with Crippen molar-refractivity contribution in [3.05, 3.63) is 59.2 Å². The number of hydrogen-bond donors (Lipinski definition) is 2. The van der Waals surface area contributed by atoms with Crippen LogP contribution in [0.3, 0.4) is 0 Å². The van der Waals surface area contributed by atoms with Gasteiger partial charge in [-0.2, -0.15) is 0 Å². The zero-order chi connectivity index (χ0) is 18.5. The lowest BCUT2D eigenvalue weighted by Gasteiger charge is -2.14. The average Bonchev–Trinajstić information content (AvgIpc) is 3.12. The normalized spacial score (nSPS) is 12.2.